The Kier molecular flexibility index (Phi) is 3.52. The van der Waals surface area contributed by atoms with Gasteiger partial charge in [-0.25, -0.2) is 0 Å². The lowest BCUT2D eigenvalue weighted by atomic mass is 10.2. The molecule has 0 bridgehead atoms. The van der Waals surface area contributed by atoms with Crippen molar-refractivity contribution in [1.82, 2.24) is 0 Å². The number of hydrogen-bond donors (Lipinski definition) is 1. The third kappa shape index (κ3) is 2.29. The zero-order valence-corrected chi connectivity index (χ0v) is 11.9. The summed E-state index contributed by atoms with van der Waals surface area (Å²) in [4.78, 5) is 3.41. The molecule has 1 atom stereocenters. The molecule has 2 rings (SSSR count). The van der Waals surface area contributed by atoms with Crippen LogP contribution in [0.15, 0.2) is 22.0 Å². The third-order valence-electron chi connectivity index (χ3n) is 2.05. The van der Waals surface area contributed by atoms with Gasteiger partial charge in [-0.15, -0.1) is 22.7 Å². The van der Waals surface area contributed by atoms with E-state index in [2.05, 4.69) is 28.9 Å². The molecule has 1 nitrogen and oxygen atoms in total. The molecule has 0 aliphatic carbocycles. The smallest absolute Gasteiger partial charge is 0.0766 e. The zero-order chi connectivity index (χ0) is 11.0. The van der Waals surface area contributed by atoms with Crippen LogP contribution >= 0.6 is 50.2 Å². The highest BCUT2D eigenvalue weighted by Crippen LogP contribution is 2.38. The van der Waals surface area contributed by atoms with Crippen molar-refractivity contribution in [2.75, 3.05) is 0 Å². The van der Waals surface area contributed by atoms with Crippen LogP contribution in [0.4, 0.5) is 0 Å². The van der Waals surface area contributed by atoms with Crippen LogP contribution < -0.4 is 5.73 Å². The van der Waals surface area contributed by atoms with E-state index in [1.807, 2.05) is 11.4 Å². The molecule has 0 aliphatic heterocycles. The highest BCUT2D eigenvalue weighted by atomic mass is 79.9. The van der Waals surface area contributed by atoms with E-state index in [9.17, 15) is 0 Å². The van der Waals surface area contributed by atoms with E-state index < -0.39 is 0 Å². The first-order valence-corrected chi connectivity index (χ1v) is 7.20. The van der Waals surface area contributed by atoms with Crippen molar-refractivity contribution in [1.29, 1.82) is 0 Å². The zero-order valence-electron chi connectivity index (χ0n) is 7.96. The van der Waals surface area contributed by atoms with E-state index in [0.717, 1.165) is 19.2 Å². The second-order valence-electron chi connectivity index (χ2n) is 3.18. The summed E-state index contributed by atoms with van der Waals surface area (Å²) in [7, 11) is 0. The Morgan fingerprint density at radius 2 is 2.20 bits per heavy atom. The van der Waals surface area contributed by atoms with E-state index in [1.54, 1.807) is 22.7 Å². The van der Waals surface area contributed by atoms with Crippen LogP contribution in [0, 0.1) is 6.92 Å². The molecule has 2 heterocycles. The van der Waals surface area contributed by atoms with E-state index in [1.165, 1.54) is 4.88 Å². The Bertz CT molecular complexity index is 477. The van der Waals surface area contributed by atoms with Crippen molar-refractivity contribution in [3.63, 3.8) is 0 Å². The van der Waals surface area contributed by atoms with Gasteiger partial charge in [0.2, 0.25) is 0 Å². The molecule has 0 fully saturated rings. The molecular weight excluding hydrogens is 314 g/mol. The SMILES string of the molecule is Cc1cc(Br)c(C(N)c2sccc2Cl)s1. The van der Waals surface area contributed by atoms with Gasteiger partial charge in [-0.1, -0.05) is 11.6 Å². The second kappa shape index (κ2) is 4.55. The summed E-state index contributed by atoms with van der Waals surface area (Å²) in [5, 5.41) is 2.72. The Morgan fingerprint density at radius 3 is 2.67 bits per heavy atom. The van der Waals surface area contributed by atoms with Crippen LogP contribution in [0.2, 0.25) is 5.02 Å². The minimum absolute atomic E-state index is 0.120. The Hall–Kier alpha value is 0.130. The fraction of sp³-hybridized carbons (Fsp3) is 0.200. The normalized spacial score (nSPS) is 13.1. The summed E-state index contributed by atoms with van der Waals surface area (Å²) in [5.74, 6) is 0. The molecule has 0 radical (unpaired) electrons. The van der Waals surface area contributed by atoms with Gasteiger partial charge in [0, 0.05) is 19.1 Å². The summed E-state index contributed by atoms with van der Waals surface area (Å²) in [5.41, 5.74) is 6.18. The minimum atomic E-state index is -0.120. The molecular formula is C10H9BrClNS2. The van der Waals surface area contributed by atoms with E-state index >= 15 is 0 Å². The number of halogens is 2. The predicted molar refractivity (Wildman–Crippen MR) is 72.1 cm³/mol. The molecule has 5 heteroatoms. The van der Waals surface area contributed by atoms with E-state index in [-0.39, 0.29) is 6.04 Å². The van der Waals surface area contributed by atoms with Crippen molar-refractivity contribution in [3.8, 4) is 0 Å². The van der Waals surface area contributed by atoms with Crippen LogP contribution in [0.3, 0.4) is 0 Å². The van der Waals surface area contributed by atoms with Crippen molar-refractivity contribution >= 4 is 50.2 Å². The third-order valence-corrected chi connectivity index (χ3v) is 5.54. The summed E-state index contributed by atoms with van der Waals surface area (Å²) in [6, 6.07) is 3.85. The van der Waals surface area contributed by atoms with Crippen LogP contribution in [0.25, 0.3) is 0 Å². The first-order valence-electron chi connectivity index (χ1n) is 4.34. The fourth-order valence-electron chi connectivity index (χ4n) is 1.36. The lowest BCUT2D eigenvalue weighted by molar-refractivity contribution is 0.912. The average Bonchev–Trinajstić information content (AvgIpc) is 2.71. The van der Waals surface area contributed by atoms with E-state index in [4.69, 9.17) is 17.3 Å². The van der Waals surface area contributed by atoms with Gasteiger partial charge >= 0.3 is 0 Å². The fourth-order valence-corrected chi connectivity index (χ4v) is 4.53. The van der Waals surface area contributed by atoms with Crippen LogP contribution in [-0.4, -0.2) is 0 Å². The molecule has 0 spiro atoms. The number of rotatable bonds is 2. The minimum Gasteiger partial charge on any atom is -0.319 e. The van der Waals surface area contributed by atoms with Crippen LogP contribution in [0.1, 0.15) is 20.7 Å². The topological polar surface area (TPSA) is 26.0 Å². The number of aryl methyl sites for hydroxylation is 1. The van der Waals surface area contributed by atoms with Gasteiger partial charge in [-0.05, 0) is 40.4 Å². The molecule has 2 aromatic heterocycles. The summed E-state index contributed by atoms with van der Waals surface area (Å²) < 4.78 is 1.07. The van der Waals surface area contributed by atoms with Crippen LogP contribution in [0.5, 0.6) is 0 Å². The predicted octanol–water partition coefficient (Wildman–Crippen LogP) is 4.58. The maximum Gasteiger partial charge on any atom is 0.0766 e. The monoisotopic (exact) mass is 321 g/mol. The summed E-state index contributed by atoms with van der Waals surface area (Å²) in [6.45, 7) is 2.07. The van der Waals surface area contributed by atoms with Gasteiger partial charge in [0.05, 0.1) is 11.1 Å². The van der Waals surface area contributed by atoms with Gasteiger partial charge < -0.3 is 5.73 Å². The van der Waals surface area contributed by atoms with Crippen molar-refractivity contribution < 1.29 is 0 Å². The lowest BCUT2D eigenvalue weighted by Gasteiger charge is -2.08. The number of hydrogen-bond acceptors (Lipinski definition) is 3. The van der Waals surface area contributed by atoms with Crippen molar-refractivity contribution in [2.24, 2.45) is 5.73 Å². The Labute approximate surface area is 110 Å². The highest BCUT2D eigenvalue weighted by Gasteiger charge is 2.18. The van der Waals surface area contributed by atoms with Gasteiger partial charge in [0.25, 0.3) is 0 Å². The maximum absolute atomic E-state index is 6.18. The molecule has 1 unspecified atom stereocenters. The van der Waals surface area contributed by atoms with Gasteiger partial charge in [0.1, 0.15) is 0 Å². The molecule has 0 aliphatic rings. The molecule has 0 saturated carbocycles. The highest BCUT2D eigenvalue weighted by molar-refractivity contribution is 9.10. The van der Waals surface area contributed by atoms with Crippen LogP contribution in [-0.2, 0) is 0 Å². The number of thiophene rings is 2. The summed E-state index contributed by atoms with van der Waals surface area (Å²) >= 11 is 12.9. The molecule has 0 amide bonds. The maximum atomic E-state index is 6.18. The molecule has 0 aromatic carbocycles. The summed E-state index contributed by atoms with van der Waals surface area (Å²) in [6.07, 6.45) is 0. The Balaban J connectivity index is 2.40. The van der Waals surface area contributed by atoms with E-state index in [0.29, 0.717) is 0 Å². The molecule has 2 N–H and O–H groups in total. The first-order chi connectivity index (χ1) is 7.09. The quantitative estimate of drug-likeness (QED) is 0.860. The number of nitrogens with two attached hydrogens (primary N) is 1. The standard InChI is InChI=1S/C10H9BrClNS2/c1-5-4-6(11)9(15-5)8(13)10-7(12)2-3-14-10/h2-4,8H,13H2,1H3. The molecule has 80 valence electrons. The van der Waals surface area contributed by atoms with Crippen molar-refractivity contribution in [3.05, 3.63) is 41.6 Å². The second-order valence-corrected chi connectivity index (χ2v) is 6.68. The van der Waals surface area contributed by atoms with Crippen molar-refractivity contribution in [2.45, 2.75) is 13.0 Å². The lowest BCUT2D eigenvalue weighted by Crippen LogP contribution is -2.09. The largest absolute Gasteiger partial charge is 0.319 e. The van der Waals surface area contributed by atoms with Gasteiger partial charge in [-0.3, -0.25) is 0 Å². The molecule has 15 heavy (non-hydrogen) atoms. The van der Waals surface area contributed by atoms with Gasteiger partial charge in [-0.2, -0.15) is 0 Å². The molecule has 2 aromatic rings. The first kappa shape index (κ1) is 11.6. The Morgan fingerprint density at radius 1 is 1.47 bits per heavy atom. The average molecular weight is 323 g/mol. The van der Waals surface area contributed by atoms with Gasteiger partial charge in [0.15, 0.2) is 0 Å². The molecule has 0 saturated heterocycles.